The van der Waals surface area contributed by atoms with Gasteiger partial charge in [-0.2, -0.15) is 13.1 Å². The highest BCUT2D eigenvalue weighted by Crippen LogP contribution is 2.29. The third-order valence-corrected chi connectivity index (χ3v) is 4.78. The Balaban J connectivity index is 0.00000200. The molecule has 1 aliphatic heterocycles. The number of rotatable bonds is 4. The number of ether oxygens (including phenoxy) is 1. The summed E-state index contributed by atoms with van der Waals surface area (Å²) >= 11 is 0. The number of hydrogen-bond acceptors (Lipinski definition) is 4. The van der Waals surface area contributed by atoms with Crippen LogP contribution in [0.25, 0.3) is 0 Å². The van der Waals surface area contributed by atoms with E-state index in [-0.39, 0.29) is 42.2 Å². The van der Waals surface area contributed by atoms with Crippen LogP contribution in [0.15, 0.2) is 29.2 Å². The van der Waals surface area contributed by atoms with E-state index < -0.39 is 16.6 Å². The van der Waals surface area contributed by atoms with E-state index in [0.717, 1.165) is 0 Å². The third kappa shape index (κ3) is 3.57. The van der Waals surface area contributed by atoms with Crippen LogP contribution in [-0.4, -0.2) is 38.5 Å². The second kappa shape index (κ2) is 6.66. The van der Waals surface area contributed by atoms with Gasteiger partial charge in [0.2, 0.25) is 10.0 Å². The molecule has 1 saturated heterocycles. The molecule has 1 aliphatic rings. The summed E-state index contributed by atoms with van der Waals surface area (Å²) in [5.74, 6) is -0.349. The first-order chi connectivity index (χ1) is 8.91. The maximum absolute atomic E-state index is 12.3. The van der Waals surface area contributed by atoms with Crippen molar-refractivity contribution in [2.75, 3.05) is 13.1 Å². The highest BCUT2D eigenvalue weighted by molar-refractivity contribution is 7.89. The second-order valence-corrected chi connectivity index (χ2v) is 6.14. The molecule has 0 aromatic heterocycles. The van der Waals surface area contributed by atoms with Gasteiger partial charge in [-0.3, -0.25) is 0 Å². The average molecular weight is 329 g/mol. The van der Waals surface area contributed by atoms with Gasteiger partial charge in [-0.1, -0.05) is 12.1 Å². The molecule has 0 bridgehead atoms. The first kappa shape index (κ1) is 17.1. The van der Waals surface area contributed by atoms with Gasteiger partial charge in [0, 0.05) is 19.1 Å². The molecular formula is C11H15ClF2N2O3S. The van der Waals surface area contributed by atoms with E-state index in [9.17, 15) is 17.2 Å². The molecule has 0 spiro atoms. The minimum atomic E-state index is -3.85. The van der Waals surface area contributed by atoms with Crippen molar-refractivity contribution < 1.29 is 21.9 Å². The van der Waals surface area contributed by atoms with Gasteiger partial charge in [0.25, 0.3) is 0 Å². The van der Waals surface area contributed by atoms with E-state index in [2.05, 4.69) is 4.74 Å². The van der Waals surface area contributed by atoms with Crippen molar-refractivity contribution in [1.82, 2.24) is 4.31 Å². The number of halogens is 3. The van der Waals surface area contributed by atoms with Crippen LogP contribution in [0, 0.1) is 0 Å². The molecular weight excluding hydrogens is 314 g/mol. The Morgan fingerprint density at radius 3 is 2.55 bits per heavy atom. The lowest BCUT2D eigenvalue weighted by Crippen LogP contribution is -2.32. The minimum absolute atomic E-state index is 0. The number of para-hydroxylation sites is 1. The van der Waals surface area contributed by atoms with Gasteiger partial charge in [-0.15, -0.1) is 12.4 Å². The van der Waals surface area contributed by atoms with Crippen molar-refractivity contribution in [2.45, 2.75) is 24.0 Å². The normalized spacial score (nSPS) is 19.9. The Morgan fingerprint density at radius 1 is 1.35 bits per heavy atom. The predicted octanol–water partition coefficient (Wildman–Crippen LogP) is 1.43. The van der Waals surface area contributed by atoms with Crippen LogP contribution in [-0.2, 0) is 10.0 Å². The summed E-state index contributed by atoms with van der Waals surface area (Å²) in [6.45, 7) is -2.60. The molecule has 2 N–H and O–H groups in total. The molecule has 0 amide bonds. The van der Waals surface area contributed by atoms with Crippen LogP contribution in [0.5, 0.6) is 5.75 Å². The molecule has 1 heterocycles. The SMILES string of the molecule is Cl.N[C@@H]1CCN(S(=O)(=O)c2ccccc2OC(F)F)C1. The Labute approximate surface area is 122 Å². The molecule has 114 valence electrons. The highest BCUT2D eigenvalue weighted by atomic mass is 35.5. The summed E-state index contributed by atoms with van der Waals surface area (Å²) in [5, 5.41) is 0. The smallest absolute Gasteiger partial charge is 0.387 e. The first-order valence-electron chi connectivity index (χ1n) is 5.71. The lowest BCUT2D eigenvalue weighted by molar-refractivity contribution is -0.0517. The summed E-state index contributed by atoms with van der Waals surface area (Å²) in [5.41, 5.74) is 5.66. The number of alkyl halides is 2. The van der Waals surface area contributed by atoms with Crippen LogP contribution in [0.3, 0.4) is 0 Å². The quantitative estimate of drug-likeness (QED) is 0.907. The van der Waals surface area contributed by atoms with Gasteiger partial charge in [0.15, 0.2) is 0 Å². The molecule has 0 saturated carbocycles. The van der Waals surface area contributed by atoms with Crippen LogP contribution in [0.2, 0.25) is 0 Å². The molecule has 5 nitrogen and oxygen atoms in total. The maximum Gasteiger partial charge on any atom is 0.387 e. The van der Waals surface area contributed by atoms with Crippen LogP contribution >= 0.6 is 12.4 Å². The van der Waals surface area contributed by atoms with E-state index >= 15 is 0 Å². The standard InChI is InChI=1S/C11H14F2N2O3S.ClH/c12-11(13)18-9-3-1-2-4-10(9)19(16,17)15-6-5-8(14)7-15;/h1-4,8,11H,5-7,14H2;1H/t8-;/m1./s1. The first-order valence-corrected chi connectivity index (χ1v) is 7.15. The molecule has 9 heteroatoms. The lowest BCUT2D eigenvalue weighted by atomic mass is 10.3. The predicted molar refractivity (Wildman–Crippen MR) is 71.7 cm³/mol. The minimum Gasteiger partial charge on any atom is -0.433 e. The number of hydrogen-bond donors (Lipinski definition) is 1. The topological polar surface area (TPSA) is 72.6 Å². The molecule has 0 aliphatic carbocycles. The Hall–Kier alpha value is -0.960. The van der Waals surface area contributed by atoms with Crippen molar-refractivity contribution in [3.63, 3.8) is 0 Å². The van der Waals surface area contributed by atoms with Gasteiger partial charge in [0.05, 0.1) is 0 Å². The summed E-state index contributed by atoms with van der Waals surface area (Å²) < 4.78 is 54.6. The van der Waals surface area contributed by atoms with Crippen molar-refractivity contribution >= 4 is 22.4 Å². The second-order valence-electron chi connectivity index (χ2n) is 4.24. The summed E-state index contributed by atoms with van der Waals surface area (Å²) in [7, 11) is -3.85. The van der Waals surface area contributed by atoms with Gasteiger partial charge in [-0.05, 0) is 18.6 Å². The van der Waals surface area contributed by atoms with Crippen LogP contribution in [0.1, 0.15) is 6.42 Å². The molecule has 1 aromatic rings. The van der Waals surface area contributed by atoms with Gasteiger partial charge in [-0.25, -0.2) is 8.42 Å². The monoisotopic (exact) mass is 328 g/mol. The third-order valence-electron chi connectivity index (χ3n) is 2.87. The molecule has 0 radical (unpaired) electrons. The van der Waals surface area contributed by atoms with E-state index in [0.29, 0.717) is 6.42 Å². The zero-order valence-corrected chi connectivity index (χ0v) is 12.0. The van der Waals surface area contributed by atoms with Gasteiger partial charge < -0.3 is 10.5 Å². The average Bonchev–Trinajstić information content (AvgIpc) is 2.76. The van der Waals surface area contributed by atoms with E-state index in [4.69, 9.17) is 5.73 Å². The van der Waals surface area contributed by atoms with Crippen LogP contribution < -0.4 is 10.5 Å². The zero-order chi connectivity index (χ0) is 14.0. The Bertz CT molecular complexity index is 556. The lowest BCUT2D eigenvalue weighted by Gasteiger charge is -2.18. The van der Waals surface area contributed by atoms with Gasteiger partial charge >= 0.3 is 6.61 Å². The van der Waals surface area contributed by atoms with E-state index in [1.54, 1.807) is 0 Å². The molecule has 2 rings (SSSR count). The fourth-order valence-electron chi connectivity index (χ4n) is 1.97. The van der Waals surface area contributed by atoms with Crippen molar-refractivity contribution in [2.24, 2.45) is 5.73 Å². The van der Waals surface area contributed by atoms with Crippen molar-refractivity contribution in [3.05, 3.63) is 24.3 Å². The van der Waals surface area contributed by atoms with Gasteiger partial charge in [0.1, 0.15) is 10.6 Å². The zero-order valence-electron chi connectivity index (χ0n) is 10.4. The highest BCUT2D eigenvalue weighted by Gasteiger charge is 2.33. The fraction of sp³-hybridized carbons (Fsp3) is 0.455. The molecule has 1 fully saturated rings. The molecule has 20 heavy (non-hydrogen) atoms. The Kier molecular flexibility index (Phi) is 5.69. The summed E-state index contributed by atoms with van der Waals surface area (Å²) in [4.78, 5) is -0.260. The summed E-state index contributed by atoms with van der Waals surface area (Å²) in [6.07, 6.45) is 0.553. The fourth-order valence-corrected chi connectivity index (χ4v) is 3.60. The largest absolute Gasteiger partial charge is 0.433 e. The number of nitrogens with zero attached hydrogens (tertiary/aromatic N) is 1. The number of benzene rings is 1. The number of sulfonamides is 1. The van der Waals surface area contributed by atoms with Crippen molar-refractivity contribution in [3.8, 4) is 5.75 Å². The molecule has 1 atom stereocenters. The van der Waals surface area contributed by atoms with Crippen molar-refractivity contribution in [1.29, 1.82) is 0 Å². The van der Waals surface area contributed by atoms with E-state index in [1.165, 1.54) is 28.6 Å². The van der Waals surface area contributed by atoms with E-state index in [1.807, 2.05) is 0 Å². The maximum atomic E-state index is 12.3. The Morgan fingerprint density at radius 2 is 2.00 bits per heavy atom. The van der Waals surface area contributed by atoms with Crippen LogP contribution in [0.4, 0.5) is 8.78 Å². The summed E-state index contributed by atoms with van der Waals surface area (Å²) in [6, 6.07) is 5.12. The molecule has 1 aromatic carbocycles. The molecule has 0 unspecified atom stereocenters. The number of nitrogens with two attached hydrogens (primary N) is 1.